The van der Waals surface area contributed by atoms with E-state index in [-0.39, 0.29) is 11.4 Å². The number of nitrogens with zero attached hydrogens (tertiary/aromatic N) is 1. The lowest BCUT2D eigenvalue weighted by Gasteiger charge is -2.18. The fourth-order valence-electron chi connectivity index (χ4n) is 1.80. The normalized spacial score (nSPS) is 11.9. The lowest BCUT2D eigenvalue weighted by Crippen LogP contribution is -2.27. The first kappa shape index (κ1) is 17.7. The molecule has 0 fully saturated rings. The largest absolute Gasteiger partial charge is 0.495 e. The lowest BCUT2D eigenvalue weighted by molar-refractivity contribution is 0.398. The van der Waals surface area contributed by atoms with Gasteiger partial charge in [0, 0.05) is 26.2 Å². The maximum atomic E-state index is 12.5. The summed E-state index contributed by atoms with van der Waals surface area (Å²) in [4.78, 5) is 0.169. The first-order chi connectivity index (χ1) is 9.82. The Labute approximate surface area is 127 Å². The Morgan fingerprint density at radius 2 is 2.10 bits per heavy atom. The molecule has 5 nitrogen and oxygen atoms in total. The number of benzene rings is 1. The molecule has 6 heteroatoms. The number of likely N-dealkylation sites (N-methyl/N-ethyl adjacent to an activating group) is 1. The van der Waals surface area contributed by atoms with Crippen LogP contribution in [-0.2, 0) is 16.6 Å². The van der Waals surface area contributed by atoms with E-state index in [2.05, 4.69) is 25.7 Å². The average Bonchev–Trinajstić information content (AvgIpc) is 2.44. The molecule has 0 radical (unpaired) electrons. The van der Waals surface area contributed by atoms with Crippen LogP contribution in [0.1, 0.15) is 19.4 Å². The molecule has 0 saturated heterocycles. The molecule has 0 aliphatic carbocycles. The number of hydrogen-bond acceptors (Lipinski definition) is 4. The van der Waals surface area contributed by atoms with Crippen LogP contribution < -0.4 is 10.1 Å². The molecule has 0 unspecified atom stereocenters. The summed E-state index contributed by atoms with van der Waals surface area (Å²) >= 11 is 0. The summed E-state index contributed by atoms with van der Waals surface area (Å²) in [6, 6.07) is 5.50. The zero-order chi connectivity index (χ0) is 16.0. The van der Waals surface area contributed by atoms with Crippen LogP contribution in [0.4, 0.5) is 0 Å². The molecule has 21 heavy (non-hydrogen) atoms. The smallest absolute Gasteiger partial charge is 0.246 e. The first-order valence-corrected chi connectivity index (χ1v) is 8.24. The van der Waals surface area contributed by atoms with Crippen LogP contribution in [0, 0.1) is 0 Å². The summed E-state index contributed by atoms with van der Waals surface area (Å²) in [5.74, 6) is 0.356. The van der Waals surface area contributed by atoms with Crippen molar-refractivity contribution in [2.24, 2.45) is 0 Å². The summed E-state index contributed by atoms with van der Waals surface area (Å²) in [6.07, 6.45) is 1.55. The summed E-state index contributed by atoms with van der Waals surface area (Å²) in [6.45, 7) is 8.59. The van der Waals surface area contributed by atoms with Gasteiger partial charge in [-0.15, -0.1) is 6.58 Å². The second kappa shape index (κ2) is 7.59. The van der Waals surface area contributed by atoms with E-state index in [4.69, 9.17) is 4.74 Å². The van der Waals surface area contributed by atoms with Crippen molar-refractivity contribution < 1.29 is 13.2 Å². The molecular weight excluding hydrogens is 288 g/mol. The molecule has 1 N–H and O–H groups in total. The van der Waals surface area contributed by atoms with E-state index in [1.807, 2.05) is 0 Å². The lowest BCUT2D eigenvalue weighted by atomic mass is 10.2. The SMILES string of the molecule is C=CCN(C)S(=O)(=O)c1ccc(CNC(C)C)cc1OC. The van der Waals surface area contributed by atoms with Crippen LogP contribution >= 0.6 is 0 Å². The van der Waals surface area contributed by atoms with Crippen molar-refractivity contribution in [2.45, 2.75) is 31.3 Å². The summed E-state index contributed by atoms with van der Waals surface area (Å²) < 4.78 is 31.4. The van der Waals surface area contributed by atoms with Crippen LogP contribution in [0.15, 0.2) is 35.7 Å². The topological polar surface area (TPSA) is 58.6 Å². The number of methoxy groups -OCH3 is 1. The molecule has 0 amide bonds. The fourth-order valence-corrected chi connectivity index (χ4v) is 3.08. The molecular formula is C15H24N2O3S. The molecule has 0 bridgehead atoms. The van der Waals surface area contributed by atoms with Crippen molar-refractivity contribution in [3.05, 3.63) is 36.4 Å². The van der Waals surface area contributed by atoms with Crippen molar-refractivity contribution in [2.75, 3.05) is 20.7 Å². The Kier molecular flexibility index (Phi) is 6.39. The van der Waals surface area contributed by atoms with Gasteiger partial charge in [0.25, 0.3) is 0 Å². The van der Waals surface area contributed by atoms with Gasteiger partial charge in [-0.1, -0.05) is 26.0 Å². The second-order valence-corrected chi connectivity index (χ2v) is 7.11. The molecule has 1 rings (SSSR count). The third-order valence-electron chi connectivity index (χ3n) is 3.02. The van der Waals surface area contributed by atoms with Crippen LogP contribution in [0.25, 0.3) is 0 Å². The van der Waals surface area contributed by atoms with Crippen LogP contribution in [0.3, 0.4) is 0 Å². The van der Waals surface area contributed by atoms with Gasteiger partial charge >= 0.3 is 0 Å². The minimum atomic E-state index is -3.58. The van der Waals surface area contributed by atoms with Gasteiger partial charge in [0.2, 0.25) is 10.0 Å². The third kappa shape index (κ3) is 4.56. The van der Waals surface area contributed by atoms with Crippen LogP contribution in [0.5, 0.6) is 5.75 Å². The molecule has 0 aliphatic heterocycles. The fraction of sp³-hybridized carbons (Fsp3) is 0.467. The van der Waals surface area contributed by atoms with E-state index in [1.54, 1.807) is 24.3 Å². The maximum absolute atomic E-state index is 12.5. The summed E-state index contributed by atoms with van der Waals surface area (Å²) in [7, 11) is -0.583. The number of ether oxygens (including phenoxy) is 1. The molecule has 0 atom stereocenters. The number of hydrogen-bond donors (Lipinski definition) is 1. The van der Waals surface area contributed by atoms with Gasteiger partial charge in [-0.05, 0) is 17.7 Å². The minimum absolute atomic E-state index is 0.169. The standard InChI is InChI=1S/C15H24N2O3S/c1-6-9-17(4)21(18,19)15-8-7-13(10-14(15)20-5)11-16-12(2)3/h6-8,10,12,16H,1,9,11H2,2-5H3. The molecule has 0 heterocycles. The second-order valence-electron chi connectivity index (χ2n) is 5.10. The molecule has 0 aromatic heterocycles. The molecule has 0 aliphatic rings. The van der Waals surface area contributed by atoms with E-state index < -0.39 is 10.0 Å². The predicted molar refractivity (Wildman–Crippen MR) is 85.0 cm³/mol. The van der Waals surface area contributed by atoms with Crippen molar-refractivity contribution in [1.82, 2.24) is 9.62 Å². The van der Waals surface area contributed by atoms with Gasteiger partial charge in [-0.25, -0.2) is 8.42 Å². The van der Waals surface area contributed by atoms with Crippen LogP contribution in [0.2, 0.25) is 0 Å². The van der Waals surface area contributed by atoms with Gasteiger partial charge in [-0.2, -0.15) is 4.31 Å². The third-order valence-corrected chi connectivity index (χ3v) is 4.88. The molecule has 1 aromatic carbocycles. The molecule has 118 valence electrons. The van der Waals surface area contributed by atoms with Crippen molar-refractivity contribution in [1.29, 1.82) is 0 Å². The van der Waals surface area contributed by atoms with Gasteiger partial charge < -0.3 is 10.1 Å². The maximum Gasteiger partial charge on any atom is 0.246 e. The molecule has 0 saturated carbocycles. The summed E-state index contributed by atoms with van der Waals surface area (Å²) in [5.41, 5.74) is 0.978. The van der Waals surface area contributed by atoms with Gasteiger partial charge in [0.15, 0.2) is 0 Å². The average molecular weight is 312 g/mol. The van der Waals surface area contributed by atoms with E-state index in [9.17, 15) is 8.42 Å². The zero-order valence-electron chi connectivity index (χ0n) is 13.1. The summed E-state index contributed by atoms with van der Waals surface area (Å²) in [5, 5.41) is 3.29. The molecule has 1 aromatic rings. The van der Waals surface area contributed by atoms with E-state index in [0.29, 0.717) is 18.3 Å². The van der Waals surface area contributed by atoms with Gasteiger partial charge in [-0.3, -0.25) is 0 Å². The van der Waals surface area contributed by atoms with E-state index in [0.717, 1.165) is 5.56 Å². The highest BCUT2D eigenvalue weighted by Gasteiger charge is 2.24. The Hall–Kier alpha value is -1.37. The monoisotopic (exact) mass is 312 g/mol. The minimum Gasteiger partial charge on any atom is -0.495 e. The van der Waals surface area contributed by atoms with Crippen molar-refractivity contribution in [3.8, 4) is 5.75 Å². The Balaban J connectivity index is 3.11. The Morgan fingerprint density at radius 3 is 2.62 bits per heavy atom. The first-order valence-electron chi connectivity index (χ1n) is 6.80. The molecule has 0 spiro atoms. The number of nitrogens with one attached hydrogen (secondary N) is 1. The number of rotatable bonds is 8. The predicted octanol–water partition coefficient (Wildman–Crippen LogP) is 2.00. The Morgan fingerprint density at radius 1 is 1.43 bits per heavy atom. The van der Waals surface area contributed by atoms with E-state index in [1.165, 1.54) is 18.5 Å². The highest BCUT2D eigenvalue weighted by atomic mass is 32.2. The number of sulfonamides is 1. The highest BCUT2D eigenvalue weighted by molar-refractivity contribution is 7.89. The van der Waals surface area contributed by atoms with Crippen molar-refractivity contribution >= 4 is 10.0 Å². The van der Waals surface area contributed by atoms with E-state index >= 15 is 0 Å². The van der Waals surface area contributed by atoms with Crippen molar-refractivity contribution in [3.63, 3.8) is 0 Å². The van der Waals surface area contributed by atoms with Crippen LogP contribution in [-0.4, -0.2) is 39.5 Å². The van der Waals surface area contributed by atoms with Gasteiger partial charge in [0.05, 0.1) is 7.11 Å². The Bertz CT molecular complexity index is 583. The zero-order valence-corrected chi connectivity index (χ0v) is 13.9. The van der Waals surface area contributed by atoms with Gasteiger partial charge in [0.1, 0.15) is 10.6 Å². The quantitative estimate of drug-likeness (QED) is 0.746. The highest BCUT2D eigenvalue weighted by Crippen LogP contribution is 2.27.